The molecule has 118 valence electrons. The third-order valence-corrected chi connectivity index (χ3v) is 4.81. The van der Waals surface area contributed by atoms with Gasteiger partial charge in [-0.3, -0.25) is 4.90 Å². The Bertz CT molecular complexity index is 456. The fourth-order valence-electron chi connectivity index (χ4n) is 3.36. The minimum absolute atomic E-state index is 0.422. The number of hydrogen-bond donors (Lipinski definition) is 1. The number of benzene rings is 1. The Hall–Kier alpha value is -0.900. The molecule has 1 aliphatic heterocycles. The topological polar surface area (TPSA) is 18.5 Å². The van der Waals surface area contributed by atoms with E-state index in [0.717, 1.165) is 6.54 Å². The Morgan fingerprint density at radius 3 is 2.76 bits per heavy atom. The smallest absolute Gasteiger partial charge is 0.0449 e. The Morgan fingerprint density at radius 2 is 2.10 bits per heavy atom. The third-order valence-electron chi connectivity index (χ3n) is 4.81. The molecule has 1 heterocycles. The summed E-state index contributed by atoms with van der Waals surface area (Å²) in [6.45, 7) is 7.92. The molecule has 0 aromatic heterocycles. The van der Waals surface area contributed by atoms with Crippen LogP contribution in [0.25, 0.3) is 0 Å². The molecule has 1 saturated heterocycles. The summed E-state index contributed by atoms with van der Waals surface area (Å²) in [7, 11) is 6.49. The van der Waals surface area contributed by atoms with Gasteiger partial charge in [0.25, 0.3) is 0 Å². The van der Waals surface area contributed by atoms with Gasteiger partial charge in [-0.2, -0.15) is 0 Å². The summed E-state index contributed by atoms with van der Waals surface area (Å²) in [6.07, 6.45) is 2.64. The normalized spacial score (nSPS) is 21.7. The van der Waals surface area contributed by atoms with Gasteiger partial charge in [-0.1, -0.05) is 23.8 Å². The monoisotopic (exact) mass is 289 g/mol. The van der Waals surface area contributed by atoms with Gasteiger partial charge in [-0.25, -0.2) is 0 Å². The summed E-state index contributed by atoms with van der Waals surface area (Å²) in [4.78, 5) is 5.00. The van der Waals surface area contributed by atoms with Crippen molar-refractivity contribution >= 4 is 0 Å². The van der Waals surface area contributed by atoms with E-state index >= 15 is 0 Å². The summed E-state index contributed by atoms with van der Waals surface area (Å²) >= 11 is 0. The zero-order valence-electron chi connectivity index (χ0n) is 14.3. The van der Waals surface area contributed by atoms with Gasteiger partial charge in [-0.05, 0) is 65.5 Å². The van der Waals surface area contributed by atoms with Gasteiger partial charge in [0.2, 0.25) is 0 Å². The molecule has 2 unspecified atom stereocenters. The number of nitrogens with one attached hydrogen (secondary N) is 1. The quantitative estimate of drug-likeness (QED) is 0.899. The van der Waals surface area contributed by atoms with Crippen molar-refractivity contribution in [2.45, 2.75) is 38.8 Å². The molecule has 0 aliphatic carbocycles. The van der Waals surface area contributed by atoms with Gasteiger partial charge in [0.05, 0.1) is 0 Å². The molecule has 0 radical (unpaired) electrons. The van der Waals surface area contributed by atoms with Gasteiger partial charge in [-0.15, -0.1) is 0 Å². The van der Waals surface area contributed by atoms with Crippen molar-refractivity contribution < 1.29 is 0 Å². The number of likely N-dealkylation sites (N-methyl/N-ethyl adjacent to an activating group) is 2. The molecule has 1 aliphatic rings. The number of piperidine rings is 1. The van der Waals surface area contributed by atoms with E-state index in [1.54, 1.807) is 0 Å². The van der Waals surface area contributed by atoms with Crippen molar-refractivity contribution in [3.8, 4) is 0 Å². The molecule has 1 N–H and O–H groups in total. The Balaban J connectivity index is 2.06. The van der Waals surface area contributed by atoms with Crippen LogP contribution in [0.3, 0.4) is 0 Å². The predicted molar refractivity (Wildman–Crippen MR) is 90.9 cm³/mol. The van der Waals surface area contributed by atoms with Crippen LogP contribution in [0.1, 0.15) is 35.6 Å². The highest BCUT2D eigenvalue weighted by atomic mass is 15.2. The van der Waals surface area contributed by atoms with Crippen LogP contribution < -0.4 is 5.32 Å². The lowest BCUT2D eigenvalue weighted by molar-refractivity contribution is 0.124. The van der Waals surface area contributed by atoms with Crippen LogP contribution in [0.15, 0.2) is 18.2 Å². The molecule has 1 aromatic rings. The maximum absolute atomic E-state index is 3.52. The average molecular weight is 289 g/mol. The van der Waals surface area contributed by atoms with Gasteiger partial charge >= 0.3 is 0 Å². The highest BCUT2D eigenvalue weighted by Gasteiger charge is 2.24. The lowest BCUT2D eigenvalue weighted by atomic mass is 9.97. The largest absolute Gasteiger partial charge is 0.312 e. The number of likely N-dealkylation sites (tertiary alicyclic amines) is 1. The van der Waals surface area contributed by atoms with Crippen LogP contribution >= 0.6 is 0 Å². The second-order valence-corrected chi connectivity index (χ2v) is 6.72. The molecule has 3 nitrogen and oxygen atoms in total. The first kappa shape index (κ1) is 16.5. The van der Waals surface area contributed by atoms with Crippen LogP contribution in [-0.4, -0.2) is 56.6 Å². The van der Waals surface area contributed by atoms with E-state index in [1.807, 2.05) is 0 Å². The number of nitrogens with zero attached hydrogens (tertiary/aromatic N) is 2. The molecule has 1 fully saturated rings. The Morgan fingerprint density at radius 1 is 1.33 bits per heavy atom. The summed E-state index contributed by atoms with van der Waals surface area (Å²) in [6, 6.07) is 7.91. The first-order chi connectivity index (χ1) is 10.0. The van der Waals surface area contributed by atoms with E-state index in [4.69, 9.17) is 0 Å². The van der Waals surface area contributed by atoms with Crippen LogP contribution in [-0.2, 0) is 0 Å². The molecule has 0 spiro atoms. The van der Waals surface area contributed by atoms with Crippen LogP contribution in [0, 0.1) is 13.8 Å². The molecular formula is C18H31N3. The molecule has 0 amide bonds. The average Bonchev–Trinajstić information content (AvgIpc) is 2.47. The van der Waals surface area contributed by atoms with Crippen molar-refractivity contribution in [2.75, 3.05) is 40.8 Å². The minimum Gasteiger partial charge on any atom is -0.312 e. The van der Waals surface area contributed by atoms with Crippen LogP contribution in [0.5, 0.6) is 0 Å². The molecule has 2 atom stereocenters. The zero-order chi connectivity index (χ0) is 15.4. The fourth-order valence-corrected chi connectivity index (χ4v) is 3.36. The van der Waals surface area contributed by atoms with E-state index in [2.05, 4.69) is 68.3 Å². The van der Waals surface area contributed by atoms with E-state index < -0.39 is 0 Å². The van der Waals surface area contributed by atoms with Crippen LogP contribution in [0.4, 0.5) is 0 Å². The Kier molecular flexibility index (Phi) is 5.80. The zero-order valence-corrected chi connectivity index (χ0v) is 14.3. The Labute approximate surface area is 130 Å². The molecule has 0 bridgehead atoms. The van der Waals surface area contributed by atoms with Gasteiger partial charge in [0.15, 0.2) is 0 Å². The van der Waals surface area contributed by atoms with E-state index in [1.165, 1.54) is 42.6 Å². The maximum atomic E-state index is 3.52. The van der Waals surface area contributed by atoms with Crippen LogP contribution in [0.2, 0.25) is 0 Å². The summed E-state index contributed by atoms with van der Waals surface area (Å²) in [5, 5.41) is 3.52. The molecular weight excluding hydrogens is 258 g/mol. The molecule has 0 saturated carbocycles. The summed E-state index contributed by atoms with van der Waals surface area (Å²) in [5.41, 5.74) is 4.19. The summed E-state index contributed by atoms with van der Waals surface area (Å²) in [5.74, 6) is 0. The number of aryl methyl sites for hydroxylation is 2. The minimum atomic E-state index is 0.422. The predicted octanol–water partition coefficient (Wildman–Crippen LogP) is 2.59. The standard InChI is InChI=1S/C18H31N3/c1-14-8-9-15(2)17(11-14)18(19-3)13-21-10-6-7-16(12-21)20(4)5/h8-9,11,16,18-19H,6-7,10,12-13H2,1-5H3. The second kappa shape index (κ2) is 7.39. The molecule has 1 aromatic carbocycles. The van der Waals surface area contributed by atoms with E-state index in [9.17, 15) is 0 Å². The van der Waals surface area contributed by atoms with Gasteiger partial charge in [0.1, 0.15) is 0 Å². The first-order valence-corrected chi connectivity index (χ1v) is 8.14. The third kappa shape index (κ3) is 4.29. The molecule has 2 rings (SSSR count). The maximum Gasteiger partial charge on any atom is 0.0449 e. The molecule has 3 heteroatoms. The number of hydrogen-bond acceptors (Lipinski definition) is 3. The van der Waals surface area contributed by atoms with Crippen molar-refractivity contribution in [1.82, 2.24) is 15.1 Å². The second-order valence-electron chi connectivity index (χ2n) is 6.72. The van der Waals surface area contributed by atoms with Gasteiger partial charge < -0.3 is 10.2 Å². The highest BCUT2D eigenvalue weighted by molar-refractivity contribution is 5.33. The van der Waals surface area contributed by atoms with E-state index in [0.29, 0.717) is 12.1 Å². The number of rotatable bonds is 5. The first-order valence-electron chi connectivity index (χ1n) is 8.14. The highest BCUT2D eigenvalue weighted by Crippen LogP contribution is 2.22. The SMILES string of the molecule is CNC(CN1CCCC(N(C)C)C1)c1cc(C)ccc1C. The summed E-state index contributed by atoms with van der Waals surface area (Å²) < 4.78 is 0. The lowest BCUT2D eigenvalue weighted by Crippen LogP contribution is -2.47. The van der Waals surface area contributed by atoms with Crippen molar-refractivity contribution in [3.63, 3.8) is 0 Å². The van der Waals surface area contributed by atoms with Crippen molar-refractivity contribution in [2.24, 2.45) is 0 Å². The van der Waals surface area contributed by atoms with E-state index in [-0.39, 0.29) is 0 Å². The van der Waals surface area contributed by atoms with Crippen molar-refractivity contribution in [1.29, 1.82) is 0 Å². The molecule has 21 heavy (non-hydrogen) atoms. The van der Waals surface area contributed by atoms with Crippen molar-refractivity contribution in [3.05, 3.63) is 34.9 Å². The fraction of sp³-hybridized carbons (Fsp3) is 0.667. The van der Waals surface area contributed by atoms with Gasteiger partial charge in [0, 0.05) is 25.2 Å². The lowest BCUT2D eigenvalue weighted by Gasteiger charge is -2.38.